The first-order chi connectivity index (χ1) is 15.2. The van der Waals surface area contributed by atoms with E-state index in [4.69, 9.17) is 15.9 Å². The molecule has 0 saturated heterocycles. The number of terminal acetylenes is 1. The van der Waals surface area contributed by atoms with Crippen molar-refractivity contribution in [2.24, 2.45) is 4.99 Å². The van der Waals surface area contributed by atoms with E-state index in [1.165, 1.54) is 11.3 Å². The zero-order valence-corrected chi connectivity index (χ0v) is 17.8. The number of para-hydroxylation sites is 3. The Balaban J connectivity index is 1.79. The smallest absolute Gasteiger partial charge is 0.283 e. The highest BCUT2D eigenvalue weighted by molar-refractivity contribution is 7.16. The number of amides is 1. The molecule has 0 bridgehead atoms. The summed E-state index contributed by atoms with van der Waals surface area (Å²) in [6.07, 6.45) is 5.60. The fourth-order valence-electron chi connectivity index (χ4n) is 3.19. The largest absolute Gasteiger partial charge is 0.492 e. The highest BCUT2D eigenvalue weighted by Crippen LogP contribution is 2.28. The summed E-state index contributed by atoms with van der Waals surface area (Å²) in [7, 11) is 0. The fraction of sp³-hybridized carbons (Fsp3) is 0.120. The molecule has 1 amide bonds. The monoisotopic (exact) mass is 428 g/mol. The number of hydrogen-bond acceptors (Lipinski definition) is 4. The number of rotatable bonds is 6. The summed E-state index contributed by atoms with van der Waals surface area (Å²) in [5.74, 6) is 4.05. The van der Waals surface area contributed by atoms with Gasteiger partial charge < -0.3 is 14.0 Å². The Labute approximate surface area is 184 Å². The van der Waals surface area contributed by atoms with Gasteiger partial charge >= 0.3 is 0 Å². The predicted octanol–water partition coefficient (Wildman–Crippen LogP) is 5.27. The molecule has 4 aromatic rings. The third-order valence-corrected chi connectivity index (χ3v) is 5.54. The zero-order chi connectivity index (χ0) is 21.6. The molecule has 4 rings (SSSR count). The van der Waals surface area contributed by atoms with Crippen molar-refractivity contribution < 1.29 is 14.3 Å². The van der Waals surface area contributed by atoms with Crippen molar-refractivity contribution in [1.29, 1.82) is 0 Å². The van der Waals surface area contributed by atoms with Gasteiger partial charge in [0.25, 0.3) is 5.91 Å². The van der Waals surface area contributed by atoms with Gasteiger partial charge in [0.1, 0.15) is 22.8 Å². The van der Waals surface area contributed by atoms with Crippen LogP contribution in [0.5, 0.6) is 17.2 Å². The average molecular weight is 429 g/mol. The minimum atomic E-state index is -0.401. The molecule has 0 atom stereocenters. The third-order valence-electron chi connectivity index (χ3n) is 4.50. The molecule has 0 N–H and O–H groups in total. The third kappa shape index (κ3) is 4.37. The maximum Gasteiger partial charge on any atom is 0.283 e. The van der Waals surface area contributed by atoms with Gasteiger partial charge in [-0.2, -0.15) is 4.99 Å². The number of ether oxygens (including phenoxy) is 2. The summed E-state index contributed by atoms with van der Waals surface area (Å²) in [6, 6.07) is 22.2. The van der Waals surface area contributed by atoms with E-state index in [2.05, 4.69) is 10.9 Å². The Morgan fingerprint density at radius 3 is 2.55 bits per heavy atom. The average Bonchev–Trinajstić information content (AvgIpc) is 3.13. The Hall–Kier alpha value is -3.82. The second-order valence-corrected chi connectivity index (χ2v) is 7.55. The van der Waals surface area contributed by atoms with E-state index in [9.17, 15) is 4.79 Å². The van der Waals surface area contributed by atoms with Crippen molar-refractivity contribution in [3.63, 3.8) is 0 Å². The molecule has 31 heavy (non-hydrogen) atoms. The molecule has 0 fully saturated rings. The summed E-state index contributed by atoms with van der Waals surface area (Å²) in [5.41, 5.74) is 1.22. The van der Waals surface area contributed by atoms with Gasteiger partial charge in [-0.15, -0.1) is 6.42 Å². The van der Waals surface area contributed by atoms with Gasteiger partial charge in [0.15, 0.2) is 4.80 Å². The molecule has 0 aliphatic heterocycles. The molecule has 5 nitrogen and oxygen atoms in total. The normalized spacial score (nSPS) is 11.3. The van der Waals surface area contributed by atoms with Gasteiger partial charge in [-0.1, -0.05) is 53.7 Å². The van der Waals surface area contributed by atoms with Crippen LogP contribution in [0.2, 0.25) is 0 Å². The van der Waals surface area contributed by atoms with Crippen LogP contribution in [0.3, 0.4) is 0 Å². The summed E-state index contributed by atoms with van der Waals surface area (Å²) in [6.45, 7) is 2.73. The molecule has 3 aromatic carbocycles. The van der Waals surface area contributed by atoms with Crippen LogP contribution in [0.15, 0.2) is 77.8 Å². The number of aromatic nitrogens is 1. The van der Waals surface area contributed by atoms with Crippen molar-refractivity contribution in [2.75, 3.05) is 6.61 Å². The molecule has 1 heterocycles. The molecule has 0 spiro atoms. The Morgan fingerprint density at radius 1 is 1.03 bits per heavy atom. The number of nitrogens with zero attached hydrogens (tertiary/aromatic N) is 2. The molecule has 0 aliphatic rings. The summed E-state index contributed by atoms with van der Waals surface area (Å²) in [4.78, 5) is 18.0. The first-order valence-corrected chi connectivity index (χ1v) is 10.6. The van der Waals surface area contributed by atoms with E-state index < -0.39 is 5.91 Å². The first kappa shape index (κ1) is 20.5. The lowest BCUT2D eigenvalue weighted by Gasteiger charge is -2.09. The van der Waals surface area contributed by atoms with Crippen molar-refractivity contribution in [3.05, 3.63) is 83.2 Å². The summed E-state index contributed by atoms with van der Waals surface area (Å²) in [5, 5.41) is 0. The molecule has 1 aromatic heterocycles. The van der Waals surface area contributed by atoms with Crippen LogP contribution >= 0.6 is 11.3 Å². The number of carbonyl (C=O) groups is 1. The van der Waals surface area contributed by atoms with Gasteiger partial charge in [0, 0.05) is 0 Å². The van der Waals surface area contributed by atoms with E-state index in [0.717, 1.165) is 10.2 Å². The number of carbonyl (C=O) groups excluding carboxylic acids is 1. The van der Waals surface area contributed by atoms with Crippen molar-refractivity contribution in [3.8, 4) is 29.6 Å². The van der Waals surface area contributed by atoms with Crippen molar-refractivity contribution >= 4 is 27.5 Å². The number of fused-ring (bicyclic) bond motifs is 1. The number of benzene rings is 3. The van der Waals surface area contributed by atoms with E-state index in [0.29, 0.717) is 34.2 Å². The van der Waals surface area contributed by atoms with E-state index in [1.54, 1.807) is 18.2 Å². The topological polar surface area (TPSA) is 52.8 Å². The second kappa shape index (κ2) is 9.33. The van der Waals surface area contributed by atoms with Crippen LogP contribution in [-0.2, 0) is 6.54 Å². The van der Waals surface area contributed by atoms with Gasteiger partial charge in [-0.05, 0) is 43.3 Å². The number of hydrogen-bond donors (Lipinski definition) is 0. The lowest BCUT2D eigenvalue weighted by atomic mass is 10.2. The van der Waals surface area contributed by atoms with Crippen LogP contribution < -0.4 is 14.3 Å². The van der Waals surface area contributed by atoms with Crippen molar-refractivity contribution in [1.82, 2.24) is 4.57 Å². The maximum absolute atomic E-state index is 13.1. The second-order valence-electron chi connectivity index (χ2n) is 6.54. The van der Waals surface area contributed by atoms with Gasteiger partial charge in [0.2, 0.25) is 0 Å². The molecule has 6 heteroatoms. The fourth-order valence-corrected chi connectivity index (χ4v) is 4.23. The van der Waals surface area contributed by atoms with Crippen LogP contribution in [0.25, 0.3) is 10.2 Å². The van der Waals surface area contributed by atoms with Gasteiger partial charge in [-0.25, -0.2) is 0 Å². The Kier molecular flexibility index (Phi) is 6.16. The maximum atomic E-state index is 13.1. The zero-order valence-electron chi connectivity index (χ0n) is 16.9. The molecule has 0 saturated carbocycles. The van der Waals surface area contributed by atoms with Crippen LogP contribution in [0, 0.1) is 12.3 Å². The van der Waals surface area contributed by atoms with Crippen LogP contribution in [-0.4, -0.2) is 17.1 Å². The predicted molar refractivity (Wildman–Crippen MR) is 123 cm³/mol. The highest BCUT2D eigenvalue weighted by atomic mass is 32.1. The molecule has 0 radical (unpaired) electrons. The molecule has 0 unspecified atom stereocenters. The van der Waals surface area contributed by atoms with Crippen LogP contribution in [0.4, 0.5) is 0 Å². The van der Waals surface area contributed by atoms with Gasteiger partial charge in [-0.3, -0.25) is 4.79 Å². The molecular formula is C25H20N2O3S. The van der Waals surface area contributed by atoms with E-state index in [-0.39, 0.29) is 6.54 Å². The number of thiazole rings is 1. The van der Waals surface area contributed by atoms with Crippen LogP contribution in [0.1, 0.15) is 17.3 Å². The Bertz CT molecular complexity index is 1330. The lowest BCUT2D eigenvalue weighted by Crippen LogP contribution is -2.17. The SMILES string of the molecule is C#CCn1c(=NC(=O)c2ccccc2Oc2ccccc2)sc2cccc(OCC)c21. The van der Waals surface area contributed by atoms with Crippen molar-refractivity contribution in [2.45, 2.75) is 13.5 Å². The first-order valence-electron chi connectivity index (χ1n) is 9.81. The van der Waals surface area contributed by atoms with E-state index >= 15 is 0 Å². The molecular weight excluding hydrogens is 408 g/mol. The van der Waals surface area contributed by atoms with E-state index in [1.807, 2.05) is 66.1 Å². The summed E-state index contributed by atoms with van der Waals surface area (Å²) < 4.78 is 14.5. The Morgan fingerprint density at radius 2 is 1.77 bits per heavy atom. The minimum absolute atomic E-state index is 0.276. The van der Waals surface area contributed by atoms with Gasteiger partial charge in [0.05, 0.1) is 23.4 Å². The molecule has 154 valence electrons. The highest BCUT2D eigenvalue weighted by Gasteiger charge is 2.15. The standard InChI is InChI=1S/C25H20N2O3S/c1-3-17-27-23-21(29-4-2)15-10-16-22(23)31-25(27)26-24(28)19-13-8-9-14-20(19)30-18-11-6-5-7-12-18/h1,5-16H,4,17H2,2H3. The molecule has 0 aliphatic carbocycles. The lowest BCUT2D eigenvalue weighted by molar-refractivity contribution is 0.0995. The summed E-state index contributed by atoms with van der Waals surface area (Å²) >= 11 is 1.40. The quantitative estimate of drug-likeness (QED) is 0.393. The minimum Gasteiger partial charge on any atom is -0.492 e.